The first-order chi connectivity index (χ1) is 1.73. The maximum absolute atomic E-state index is 8.68. The van der Waals surface area contributed by atoms with Gasteiger partial charge in [-0.15, -0.1) is 0 Å². The van der Waals surface area contributed by atoms with Gasteiger partial charge in [-0.25, -0.2) is 0 Å². The summed E-state index contributed by atoms with van der Waals surface area (Å²) in [5.41, 5.74) is 0. The minimum atomic E-state index is -3.76. The van der Waals surface area contributed by atoms with Gasteiger partial charge in [0.25, 0.3) is 0 Å². The van der Waals surface area contributed by atoms with Crippen molar-refractivity contribution < 1.29 is 31.4 Å². The zero-order valence-electron chi connectivity index (χ0n) is 2.35. The van der Waals surface area contributed by atoms with Crippen molar-refractivity contribution in [3.63, 3.8) is 0 Å². The fourth-order valence-electron chi connectivity index (χ4n) is 0. The summed E-state index contributed by atoms with van der Waals surface area (Å²) in [5.74, 6) is 0. The molecule has 0 spiro atoms. The number of hydrogen-bond acceptors (Lipinski definition) is 3. The monoisotopic (exact) mass is 386 g/mol. The summed E-state index contributed by atoms with van der Waals surface area (Å²) in [7, 11) is 0. The van der Waals surface area contributed by atoms with Crippen LogP contribution in [0.4, 0.5) is 0 Å². The van der Waals surface area contributed by atoms with Crippen LogP contribution in [0.3, 0.4) is 0 Å². The summed E-state index contributed by atoms with van der Waals surface area (Å²) in [6, 6.07) is 0. The molecule has 0 aliphatic carbocycles. The third kappa shape index (κ3) is 29.4. The van der Waals surface area contributed by atoms with Crippen molar-refractivity contribution in [3.05, 3.63) is 0 Å². The molecular weight excluding hydrogens is 382 g/mol. The molecule has 0 bridgehead atoms. The molecule has 0 aromatic heterocycles. The van der Waals surface area contributed by atoms with E-state index in [2.05, 4.69) is 0 Å². The van der Waals surface area contributed by atoms with E-state index < -0.39 is 21.1 Å². The summed E-state index contributed by atoms with van der Waals surface area (Å²) in [6.45, 7) is 0. The normalized spacial score (nSPS) is 7.20. The Morgan fingerprint density at radius 2 is 1.40 bits per heavy atom. The molecule has 5 heavy (non-hydrogen) atoms. The minimum absolute atomic E-state index is 0. The first-order valence-electron chi connectivity index (χ1n) is 0.478. The molecule has 0 atom stereocenters. The van der Waals surface area contributed by atoms with E-state index in [1.54, 1.807) is 0 Å². The SMILES string of the molecule is [O-][I+2]([O-])O.[PbH2]. The molecule has 5 heteroatoms. The Morgan fingerprint density at radius 1 is 1.40 bits per heavy atom. The molecule has 0 saturated heterocycles. The van der Waals surface area contributed by atoms with Crippen LogP contribution in [0.5, 0.6) is 0 Å². The Morgan fingerprint density at radius 3 is 1.40 bits per heavy atom. The number of hydrogen-bond donors (Lipinski definition) is 1. The Hall–Kier alpha value is 1.53. The van der Waals surface area contributed by atoms with Crippen LogP contribution in [0, 0.1) is 0 Å². The predicted molar refractivity (Wildman–Crippen MR) is 10.8 cm³/mol. The van der Waals surface area contributed by atoms with Gasteiger partial charge in [0.15, 0.2) is 0 Å². The van der Waals surface area contributed by atoms with Crippen molar-refractivity contribution in [2.24, 2.45) is 0 Å². The molecule has 2 radical (unpaired) electrons. The van der Waals surface area contributed by atoms with Gasteiger partial charge in [0.1, 0.15) is 0 Å². The van der Waals surface area contributed by atoms with Crippen LogP contribution in [0.2, 0.25) is 0 Å². The van der Waals surface area contributed by atoms with E-state index in [-0.39, 0.29) is 27.3 Å². The van der Waals surface area contributed by atoms with Crippen molar-refractivity contribution in [1.82, 2.24) is 0 Å². The fraction of sp³-hybridized carbons (Fsp3) is 0. The van der Waals surface area contributed by atoms with Gasteiger partial charge in [-0.05, 0) is 3.44 Å². The van der Waals surface area contributed by atoms with Crippen LogP contribution in [-0.2, 0) is 0 Å². The van der Waals surface area contributed by atoms with E-state index in [9.17, 15) is 0 Å². The second-order valence-electron chi connectivity index (χ2n) is 0.201. The average molecular weight is 385 g/mol. The van der Waals surface area contributed by atoms with E-state index >= 15 is 0 Å². The van der Waals surface area contributed by atoms with Crippen molar-refractivity contribution in [1.29, 1.82) is 0 Å². The molecule has 3 nitrogen and oxygen atoms in total. The van der Waals surface area contributed by atoms with E-state index in [0.29, 0.717) is 0 Å². The molecule has 0 aromatic carbocycles. The van der Waals surface area contributed by atoms with Gasteiger partial charge < -0.3 is 6.87 Å². The van der Waals surface area contributed by atoms with Crippen LogP contribution in [0.15, 0.2) is 0 Å². The molecule has 0 amide bonds. The van der Waals surface area contributed by atoms with Gasteiger partial charge in [0.05, 0.1) is 0 Å². The zero-order chi connectivity index (χ0) is 3.58. The summed E-state index contributed by atoms with van der Waals surface area (Å²) in [6.07, 6.45) is 0. The molecule has 0 rings (SSSR count). The third-order valence-electron chi connectivity index (χ3n) is 0. The van der Waals surface area contributed by atoms with Crippen molar-refractivity contribution in [3.8, 4) is 0 Å². The average Bonchev–Trinajstić information content (AvgIpc) is 0.811. The molecule has 0 aliphatic rings. The summed E-state index contributed by atoms with van der Waals surface area (Å²) >= 11 is -3.76. The topological polar surface area (TPSA) is 66.3 Å². The van der Waals surface area contributed by atoms with Gasteiger partial charge in [-0.2, -0.15) is 0 Å². The van der Waals surface area contributed by atoms with Gasteiger partial charge >= 0.3 is 48.4 Å². The summed E-state index contributed by atoms with van der Waals surface area (Å²) < 4.78 is 24.5. The van der Waals surface area contributed by atoms with Crippen LogP contribution < -0.4 is 27.9 Å². The molecular formula is H3IO3Pb. The predicted octanol–water partition coefficient (Wildman–Crippen LogP) is -6.85. The Kier molecular flexibility index (Phi) is 10.8. The van der Waals surface area contributed by atoms with E-state index in [1.165, 1.54) is 0 Å². The fourth-order valence-corrected chi connectivity index (χ4v) is 0. The molecule has 0 saturated carbocycles. The molecule has 1 N–H and O–H groups in total. The zero-order valence-corrected chi connectivity index (χ0v) is 10.0. The van der Waals surface area contributed by atoms with Crippen molar-refractivity contribution >= 4 is 27.3 Å². The Balaban J connectivity index is 0. The summed E-state index contributed by atoms with van der Waals surface area (Å²) in [4.78, 5) is 0. The quantitative estimate of drug-likeness (QED) is 0.333. The Labute approximate surface area is 58.2 Å². The maximum atomic E-state index is 8.68. The van der Waals surface area contributed by atoms with Crippen molar-refractivity contribution in [2.45, 2.75) is 0 Å². The number of halogens is 1. The molecule has 0 aromatic rings. The van der Waals surface area contributed by atoms with Gasteiger partial charge in [0.2, 0.25) is 0 Å². The van der Waals surface area contributed by atoms with Crippen LogP contribution in [0.1, 0.15) is 0 Å². The van der Waals surface area contributed by atoms with Crippen LogP contribution in [-0.4, -0.2) is 30.7 Å². The van der Waals surface area contributed by atoms with Crippen LogP contribution in [0.25, 0.3) is 0 Å². The third-order valence-corrected chi connectivity index (χ3v) is 0. The molecule has 0 fully saturated rings. The molecule has 0 heterocycles. The van der Waals surface area contributed by atoms with Gasteiger partial charge in [0, 0.05) is 0 Å². The van der Waals surface area contributed by atoms with Gasteiger partial charge in [-0.1, -0.05) is 0 Å². The first-order valence-corrected chi connectivity index (χ1v) is 3.20. The summed E-state index contributed by atoms with van der Waals surface area (Å²) in [5, 5.41) is 0. The van der Waals surface area contributed by atoms with E-state index in [0.717, 1.165) is 0 Å². The number of rotatable bonds is 0. The van der Waals surface area contributed by atoms with Crippen molar-refractivity contribution in [2.75, 3.05) is 0 Å². The molecule has 0 unspecified atom stereocenters. The second-order valence-corrected chi connectivity index (χ2v) is 1.35. The Bertz CT molecular complexity index is 11.6. The first kappa shape index (κ1) is 9.73. The molecule has 32 valence electrons. The van der Waals surface area contributed by atoms with Gasteiger partial charge in [-0.3, -0.25) is 0 Å². The second kappa shape index (κ2) is 5.53. The van der Waals surface area contributed by atoms with E-state index in [1.807, 2.05) is 0 Å². The van der Waals surface area contributed by atoms with E-state index in [4.69, 9.17) is 10.3 Å². The van der Waals surface area contributed by atoms with Crippen LogP contribution >= 0.6 is 0 Å². The standard InChI is InChI=1S/HIO3.Pb.2H/c2-1(3)4;;;/h2H;;;. The molecule has 0 aliphatic heterocycles.